The summed E-state index contributed by atoms with van der Waals surface area (Å²) in [5, 5.41) is 16.8. The number of H-pyrrole nitrogens is 1. The minimum absolute atomic E-state index is 0.00845. The van der Waals surface area contributed by atoms with Gasteiger partial charge in [0.1, 0.15) is 22.9 Å². The zero-order valence-corrected chi connectivity index (χ0v) is 16.6. The number of ether oxygens (including phenoxy) is 1. The highest BCUT2D eigenvalue weighted by Crippen LogP contribution is 2.43. The third kappa shape index (κ3) is 4.85. The number of nitrogens with zero attached hydrogens (tertiary/aromatic N) is 1. The molecule has 0 radical (unpaired) electrons. The van der Waals surface area contributed by atoms with E-state index < -0.39 is 11.9 Å². The Bertz CT molecular complexity index is 983. The highest BCUT2D eigenvalue weighted by atomic mass is 35.5. The summed E-state index contributed by atoms with van der Waals surface area (Å²) in [4.78, 5) is 0. The Morgan fingerprint density at radius 3 is 2.41 bits per heavy atom. The van der Waals surface area contributed by atoms with Gasteiger partial charge in [-0.1, -0.05) is 37.6 Å². The van der Waals surface area contributed by atoms with E-state index in [2.05, 4.69) is 24.0 Å². The Labute approximate surface area is 171 Å². The minimum atomic E-state index is -4.64. The number of aromatic hydroxyl groups is 1. The minimum Gasteiger partial charge on any atom is -0.507 e. The first-order chi connectivity index (χ1) is 13.7. The number of hydrogen-bond donors (Lipinski definition) is 2. The molecule has 1 aromatic heterocycles. The zero-order chi connectivity index (χ0) is 21.2. The van der Waals surface area contributed by atoms with Crippen LogP contribution in [0.3, 0.4) is 0 Å². The van der Waals surface area contributed by atoms with Crippen molar-refractivity contribution < 1.29 is 23.0 Å². The van der Waals surface area contributed by atoms with Gasteiger partial charge in [-0.3, -0.25) is 5.10 Å². The topological polar surface area (TPSA) is 58.1 Å². The molecular formula is C21H20ClF3N2O2. The molecule has 0 atom stereocenters. The van der Waals surface area contributed by atoms with E-state index in [1.807, 2.05) is 0 Å². The predicted molar refractivity (Wildman–Crippen MR) is 106 cm³/mol. The van der Waals surface area contributed by atoms with Crippen molar-refractivity contribution in [2.75, 3.05) is 6.61 Å². The number of aromatic nitrogens is 2. The highest BCUT2D eigenvalue weighted by molar-refractivity contribution is 6.30. The lowest BCUT2D eigenvalue weighted by Crippen LogP contribution is -2.07. The summed E-state index contributed by atoms with van der Waals surface area (Å²) in [7, 11) is 0. The van der Waals surface area contributed by atoms with Gasteiger partial charge in [0.05, 0.1) is 6.61 Å². The fourth-order valence-electron chi connectivity index (χ4n) is 2.85. The molecule has 0 aliphatic heterocycles. The number of benzene rings is 2. The molecule has 0 saturated carbocycles. The molecule has 2 aromatic carbocycles. The summed E-state index contributed by atoms with van der Waals surface area (Å²) >= 11 is 5.86. The molecule has 154 valence electrons. The van der Waals surface area contributed by atoms with Crippen molar-refractivity contribution in [1.29, 1.82) is 0 Å². The van der Waals surface area contributed by atoms with Gasteiger partial charge in [-0.05, 0) is 42.2 Å². The monoisotopic (exact) mass is 424 g/mol. The third-order valence-electron chi connectivity index (χ3n) is 4.37. The number of phenols is 1. The van der Waals surface area contributed by atoms with Crippen LogP contribution in [0, 0.1) is 5.92 Å². The van der Waals surface area contributed by atoms with Gasteiger partial charge in [0.15, 0.2) is 0 Å². The Morgan fingerprint density at radius 2 is 1.83 bits per heavy atom. The van der Waals surface area contributed by atoms with Crippen LogP contribution in [-0.4, -0.2) is 21.9 Å². The zero-order valence-electron chi connectivity index (χ0n) is 15.8. The van der Waals surface area contributed by atoms with Gasteiger partial charge in [0.25, 0.3) is 0 Å². The number of phenolic OH excluding ortho intramolecular Hbond substituents is 1. The summed E-state index contributed by atoms with van der Waals surface area (Å²) in [5.41, 5.74) is -0.713. The molecule has 0 bridgehead atoms. The maximum atomic E-state index is 13.5. The van der Waals surface area contributed by atoms with Crippen LogP contribution in [0.5, 0.6) is 11.5 Å². The normalized spacial score (nSPS) is 11.8. The standard InChI is InChI=1S/C21H20ClF3N2O2/c1-12(2)9-10-29-15-7-8-16(17(28)11-15)19-18(13-3-5-14(22)6-4-13)20(27-26-19)21(23,24)25/h3-8,11-12,28H,9-10H2,1-2H3,(H,26,27). The SMILES string of the molecule is CC(C)CCOc1ccc(-c2n[nH]c(C(F)(F)F)c2-c2ccc(Cl)cc2)c(O)c1. The van der Waals surface area contributed by atoms with E-state index in [-0.39, 0.29) is 28.1 Å². The van der Waals surface area contributed by atoms with Crippen LogP contribution >= 0.6 is 11.6 Å². The van der Waals surface area contributed by atoms with E-state index in [0.717, 1.165) is 6.42 Å². The summed E-state index contributed by atoms with van der Waals surface area (Å²) < 4.78 is 46.2. The third-order valence-corrected chi connectivity index (χ3v) is 4.62. The maximum Gasteiger partial charge on any atom is 0.433 e. The Hall–Kier alpha value is -2.67. The number of hydrogen-bond acceptors (Lipinski definition) is 3. The second kappa shape index (κ2) is 8.37. The first kappa shape index (κ1) is 21.0. The Morgan fingerprint density at radius 1 is 1.14 bits per heavy atom. The quantitative estimate of drug-likeness (QED) is 0.472. The molecule has 3 rings (SSSR count). The molecule has 2 N–H and O–H groups in total. The molecule has 0 aliphatic carbocycles. The predicted octanol–water partition coefficient (Wildman–Crippen LogP) is 6.55. The number of rotatable bonds is 6. The van der Waals surface area contributed by atoms with Crippen molar-refractivity contribution in [3.8, 4) is 33.9 Å². The number of halogens is 4. The van der Waals surface area contributed by atoms with Crippen LogP contribution < -0.4 is 4.74 Å². The fourth-order valence-corrected chi connectivity index (χ4v) is 2.98. The van der Waals surface area contributed by atoms with Crippen molar-refractivity contribution in [3.63, 3.8) is 0 Å². The van der Waals surface area contributed by atoms with Gasteiger partial charge in [0.2, 0.25) is 0 Å². The molecular weight excluding hydrogens is 405 g/mol. The summed E-state index contributed by atoms with van der Waals surface area (Å²) in [6.45, 7) is 4.61. The van der Waals surface area contributed by atoms with Crippen LogP contribution in [-0.2, 0) is 6.18 Å². The summed E-state index contributed by atoms with van der Waals surface area (Å²) in [5.74, 6) is 0.684. The Kier molecular flexibility index (Phi) is 6.07. The van der Waals surface area contributed by atoms with Crippen molar-refractivity contribution in [3.05, 3.63) is 53.2 Å². The molecule has 0 fully saturated rings. The van der Waals surface area contributed by atoms with Crippen LogP contribution in [0.1, 0.15) is 26.0 Å². The van der Waals surface area contributed by atoms with Crippen LogP contribution in [0.4, 0.5) is 13.2 Å². The van der Waals surface area contributed by atoms with Gasteiger partial charge in [-0.25, -0.2) is 0 Å². The molecule has 4 nitrogen and oxygen atoms in total. The van der Waals surface area contributed by atoms with E-state index in [1.165, 1.54) is 36.4 Å². The molecule has 0 unspecified atom stereocenters. The van der Waals surface area contributed by atoms with Crippen molar-refractivity contribution in [2.45, 2.75) is 26.4 Å². The van der Waals surface area contributed by atoms with E-state index >= 15 is 0 Å². The largest absolute Gasteiger partial charge is 0.507 e. The van der Waals surface area contributed by atoms with Crippen molar-refractivity contribution >= 4 is 11.6 Å². The van der Waals surface area contributed by atoms with E-state index in [4.69, 9.17) is 16.3 Å². The smallest absolute Gasteiger partial charge is 0.433 e. The molecule has 8 heteroatoms. The van der Waals surface area contributed by atoms with E-state index in [0.29, 0.717) is 23.3 Å². The fraction of sp³-hybridized carbons (Fsp3) is 0.286. The second-order valence-corrected chi connectivity index (χ2v) is 7.47. The van der Waals surface area contributed by atoms with Crippen molar-refractivity contribution in [1.82, 2.24) is 10.2 Å². The number of aromatic amines is 1. The summed E-state index contributed by atoms with van der Waals surface area (Å²) in [6, 6.07) is 10.4. The second-order valence-electron chi connectivity index (χ2n) is 7.04. The average Bonchev–Trinajstić information content (AvgIpc) is 3.07. The van der Waals surface area contributed by atoms with Gasteiger partial charge < -0.3 is 9.84 Å². The highest BCUT2D eigenvalue weighted by Gasteiger charge is 2.38. The first-order valence-corrected chi connectivity index (χ1v) is 9.42. The molecule has 0 amide bonds. The number of nitrogens with one attached hydrogen (secondary N) is 1. The van der Waals surface area contributed by atoms with E-state index in [1.54, 1.807) is 6.07 Å². The lowest BCUT2D eigenvalue weighted by molar-refractivity contribution is -0.140. The van der Waals surface area contributed by atoms with Gasteiger partial charge in [-0.15, -0.1) is 0 Å². The Balaban J connectivity index is 2.03. The van der Waals surface area contributed by atoms with Gasteiger partial charge in [-0.2, -0.15) is 18.3 Å². The molecule has 0 aliphatic rings. The molecule has 3 aromatic rings. The maximum absolute atomic E-state index is 13.5. The molecule has 29 heavy (non-hydrogen) atoms. The molecule has 1 heterocycles. The first-order valence-electron chi connectivity index (χ1n) is 9.04. The van der Waals surface area contributed by atoms with Crippen molar-refractivity contribution in [2.24, 2.45) is 5.92 Å². The van der Waals surface area contributed by atoms with Crippen LogP contribution in [0.25, 0.3) is 22.4 Å². The molecule has 0 saturated heterocycles. The summed E-state index contributed by atoms with van der Waals surface area (Å²) in [6.07, 6.45) is -3.80. The van der Waals surface area contributed by atoms with Gasteiger partial charge >= 0.3 is 6.18 Å². The lowest BCUT2D eigenvalue weighted by atomic mass is 9.98. The van der Waals surface area contributed by atoms with Gasteiger partial charge in [0, 0.05) is 22.2 Å². The van der Waals surface area contributed by atoms with E-state index in [9.17, 15) is 18.3 Å². The van der Waals surface area contributed by atoms with Crippen LogP contribution in [0.15, 0.2) is 42.5 Å². The number of alkyl halides is 3. The molecule has 0 spiro atoms. The average molecular weight is 425 g/mol. The lowest BCUT2D eigenvalue weighted by Gasteiger charge is -2.12. The van der Waals surface area contributed by atoms with Crippen LogP contribution in [0.2, 0.25) is 5.02 Å².